The summed E-state index contributed by atoms with van der Waals surface area (Å²) >= 11 is 5.13. The Bertz CT molecular complexity index is 764. The number of benzene rings is 2. The maximum Gasteiger partial charge on any atom is 0.122 e. The summed E-state index contributed by atoms with van der Waals surface area (Å²) in [6, 6.07) is 15.6. The number of nitrogens with zero attached hydrogens (tertiary/aromatic N) is 1. The van der Waals surface area contributed by atoms with Crippen LogP contribution in [-0.4, -0.2) is 30.6 Å². The van der Waals surface area contributed by atoms with Gasteiger partial charge in [0.2, 0.25) is 0 Å². The van der Waals surface area contributed by atoms with Crippen molar-refractivity contribution in [3.05, 3.63) is 64.7 Å². The van der Waals surface area contributed by atoms with E-state index in [2.05, 4.69) is 47.4 Å². The molecule has 1 fully saturated rings. The predicted molar refractivity (Wildman–Crippen MR) is 107 cm³/mol. The lowest BCUT2D eigenvalue weighted by Crippen LogP contribution is -2.34. The normalized spacial score (nSPS) is 20.4. The molecule has 0 bridgehead atoms. The fourth-order valence-corrected chi connectivity index (χ4v) is 4.90. The number of piperidine rings is 1. The van der Waals surface area contributed by atoms with E-state index < -0.39 is 0 Å². The minimum atomic E-state index is 0.469. The lowest BCUT2D eigenvalue weighted by atomic mass is 9.74. The van der Waals surface area contributed by atoms with Crippen molar-refractivity contribution in [1.29, 1.82) is 0 Å². The van der Waals surface area contributed by atoms with E-state index in [1.807, 2.05) is 5.49 Å². The van der Waals surface area contributed by atoms with Crippen LogP contribution in [0.3, 0.4) is 0 Å². The SMILES string of the molecule is COc1cccc2c1CCc1ccccc1C2C1CCN(C=S)CC1. The van der Waals surface area contributed by atoms with Gasteiger partial charge in [0.1, 0.15) is 5.75 Å². The first-order valence-electron chi connectivity index (χ1n) is 9.24. The minimum absolute atomic E-state index is 0.469. The molecule has 1 atom stereocenters. The number of rotatable bonds is 3. The number of hydrogen-bond acceptors (Lipinski definition) is 2. The van der Waals surface area contributed by atoms with Crippen molar-refractivity contribution in [3.63, 3.8) is 0 Å². The Balaban J connectivity index is 1.80. The Hall–Kier alpha value is -1.87. The van der Waals surface area contributed by atoms with Crippen molar-refractivity contribution in [2.45, 2.75) is 31.6 Å². The first kappa shape index (κ1) is 16.6. The Morgan fingerprint density at radius 2 is 1.76 bits per heavy atom. The van der Waals surface area contributed by atoms with Crippen LogP contribution in [0.2, 0.25) is 0 Å². The number of aryl methyl sites for hydroxylation is 1. The van der Waals surface area contributed by atoms with E-state index in [-0.39, 0.29) is 0 Å². The van der Waals surface area contributed by atoms with Crippen LogP contribution >= 0.6 is 12.2 Å². The van der Waals surface area contributed by atoms with Gasteiger partial charge >= 0.3 is 0 Å². The highest BCUT2D eigenvalue weighted by molar-refractivity contribution is 7.78. The Morgan fingerprint density at radius 1 is 1.00 bits per heavy atom. The van der Waals surface area contributed by atoms with Gasteiger partial charge in [-0.1, -0.05) is 48.6 Å². The van der Waals surface area contributed by atoms with E-state index in [0.29, 0.717) is 11.8 Å². The second kappa shape index (κ2) is 7.17. The first-order chi connectivity index (χ1) is 12.3. The van der Waals surface area contributed by atoms with E-state index in [1.54, 1.807) is 7.11 Å². The maximum atomic E-state index is 5.71. The Kier molecular flexibility index (Phi) is 4.76. The van der Waals surface area contributed by atoms with Crippen LogP contribution in [-0.2, 0) is 12.8 Å². The number of fused-ring (bicyclic) bond motifs is 2. The molecule has 1 aliphatic carbocycles. The van der Waals surface area contributed by atoms with E-state index >= 15 is 0 Å². The number of hydrogen-bond donors (Lipinski definition) is 0. The van der Waals surface area contributed by atoms with Crippen LogP contribution in [0.5, 0.6) is 5.75 Å². The van der Waals surface area contributed by atoms with Crippen LogP contribution < -0.4 is 4.74 Å². The molecule has 1 saturated heterocycles. The molecule has 0 spiro atoms. The molecule has 1 unspecified atom stereocenters. The fourth-order valence-electron chi connectivity index (χ4n) is 4.69. The largest absolute Gasteiger partial charge is 0.496 e. The molecule has 0 amide bonds. The van der Waals surface area contributed by atoms with Crippen LogP contribution in [0.25, 0.3) is 0 Å². The highest BCUT2D eigenvalue weighted by Crippen LogP contribution is 2.44. The zero-order valence-corrected chi connectivity index (χ0v) is 15.6. The molecule has 3 heteroatoms. The third kappa shape index (κ3) is 3.06. The predicted octanol–water partition coefficient (Wildman–Crippen LogP) is 4.59. The maximum absolute atomic E-state index is 5.71. The Labute approximate surface area is 155 Å². The number of methoxy groups -OCH3 is 1. The number of likely N-dealkylation sites (tertiary alicyclic amines) is 1. The van der Waals surface area contributed by atoms with Gasteiger partial charge in [-0.15, -0.1) is 0 Å². The molecule has 0 radical (unpaired) electrons. The quantitative estimate of drug-likeness (QED) is 0.750. The summed E-state index contributed by atoms with van der Waals surface area (Å²) in [4.78, 5) is 2.28. The zero-order valence-electron chi connectivity index (χ0n) is 14.8. The third-order valence-corrected chi connectivity index (χ3v) is 6.25. The van der Waals surface area contributed by atoms with Gasteiger partial charge in [0.25, 0.3) is 0 Å². The smallest absolute Gasteiger partial charge is 0.122 e. The topological polar surface area (TPSA) is 12.5 Å². The van der Waals surface area contributed by atoms with Crippen molar-refractivity contribution >= 4 is 17.7 Å². The molecule has 2 aromatic carbocycles. The molecule has 130 valence electrons. The van der Waals surface area contributed by atoms with E-state index in [4.69, 9.17) is 17.0 Å². The van der Waals surface area contributed by atoms with Crippen LogP contribution in [0.1, 0.15) is 41.0 Å². The van der Waals surface area contributed by atoms with Crippen LogP contribution in [0.4, 0.5) is 0 Å². The summed E-state index contributed by atoms with van der Waals surface area (Å²) in [7, 11) is 1.79. The van der Waals surface area contributed by atoms with Gasteiger partial charge in [-0.2, -0.15) is 0 Å². The monoisotopic (exact) mass is 351 g/mol. The summed E-state index contributed by atoms with van der Waals surface area (Å²) in [6.45, 7) is 2.15. The molecule has 0 N–H and O–H groups in total. The van der Waals surface area contributed by atoms with Crippen LogP contribution in [0.15, 0.2) is 42.5 Å². The van der Waals surface area contributed by atoms with E-state index in [1.165, 1.54) is 35.1 Å². The van der Waals surface area contributed by atoms with Crippen molar-refractivity contribution in [1.82, 2.24) is 4.90 Å². The average Bonchev–Trinajstić information content (AvgIpc) is 2.85. The highest BCUT2D eigenvalue weighted by Gasteiger charge is 2.33. The van der Waals surface area contributed by atoms with Gasteiger partial charge in [-0.25, -0.2) is 0 Å². The van der Waals surface area contributed by atoms with Gasteiger partial charge in [-0.05, 0) is 59.9 Å². The van der Waals surface area contributed by atoms with Crippen molar-refractivity contribution in [2.75, 3.05) is 20.2 Å². The number of thiocarbonyl (C=S) groups is 1. The van der Waals surface area contributed by atoms with E-state index in [0.717, 1.165) is 31.7 Å². The molecule has 2 aliphatic rings. The third-order valence-electron chi connectivity index (χ3n) is 5.95. The van der Waals surface area contributed by atoms with Gasteiger partial charge in [0, 0.05) is 19.0 Å². The highest BCUT2D eigenvalue weighted by atomic mass is 32.1. The molecule has 0 aromatic heterocycles. The molecule has 1 heterocycles. The fraction of sp³-hybridized carbons (Fsp3) is 0.409. The summed E-state index contributed by atoms with van der Waals surface area (Å²) < 4.78 is 5.71. The molecule has 2 aromatic rings. The lowest BCUT2D eigenvalue weighted by Gasteiger charge is -2.36. The molecular weight excluding hydrogens is 326 g/mol. The zero-order chi connectivity index (χ0) is 17.2. The van der Waals surface area contributed by atoms with Crippen molar-refractivity contribution in [2.24, 2.45) is 5.92 Å². The second-order valence-corrected chi connectivity index (χ2v) is 7.39. The molecule has 0 saturated carbocycles. The van der Waals surface area contributed by atoms with E-state index in [9.17, 15) is 0 Å². The molecule has 2 nitrogen and oxygen atoms in total. The average molecular weight is 352 g/mol. The molecule has 4 rings (SSSR count). The van der Waals surface area contributed by atoms with Crippen molar-refractivity contribution < 1.29 is 4.74 Å². The summed E-state index contributed by atoms with van der Waals surface area (Å²) in [5.74, 6) is 2.18. The van der Waals surface area contributed by atoms with Gasteiger partial charge in [0.05, 0.1) is 12.6 Å². The van der Waals surface area contributed by atoms with Crippen LogP contribution in [0, 0.1) is 5.92 Å². The Morgan fingerprint density at radius 3 is 2.52 bits per heavy atom. The molecule has 25 heavy (non-hydrogen) atoms. The first-order valence-corrected chi connectivity index (χ1v) is 9.72. The number of ether oxygens (including phenoxy) is 1. The molecular formula is C22H25NOS. The van der Waals surface area contributed by atoms with Gasteiger partial charge in [0.15, 0.2) is 0 Å². The van der Waals surface area contributed by atoms with Gasteiger partial charge < -0.3 is 9.64 Å². The summed E-state index contributed by atoms with van der Waals surface area (Å²) in [6.07, 6.45) is 4.55. The molecule has 1 aliphatic heterocycles. The van der Waals surface area contributed by atoms with Gasteiger partial charge in [-0.3, -0.25) is 0 Å². The second-order valence-electron chi connectivity index (χ2n) is 7.18. The van der Waals surface area contributed by atoms with Crippen molar-refractivity contribution in [3.8, 4) is 5.75 Å². The lowest BCUT2D eigenvalue weighted by molar-refractivity contribution is 0.256. The summed E-state index contributed by atoms with van der Waals surface area (Å²) in [5, 5.41) is 0. The summed E-state index contributed by atoms with van der Waals surface area (Å²) in [5.41, 5.74) is 7.74. The standard InChI is InChI=1S/C22H25NOS/c1-24-21-8-4-7-20-19(21)10-9-16-5-2-3-6-18(16)22(20)17-11-13-23(15-25)14-12-17/h2-8,15,17,22H,9-14H2,1H3. The minimum Gasteiger partial charge on any atom is -0.496 e.